The minimum atomic E-state index is -3.20. The molecule has 3 aromatic rings. The first kappa shape index (κ1) is 24.3. The smallest absolute Gasteiger partial charge is 0.276 e. The Bertz CT molecular complexity index is 1360. The molecule has 1 aromatic heterocycles. The summed E-state index contributed by atoms with van der Waals surface area (Å²) >= 11 is 0. The van der Waals surface area contributed by atoms with Crippen LogP contribution in [0.5, 0.6) is 0 Å². The number of aryl methyl sites for hydroxylation is 1. The standard InChI is InChI=1S/C24H20F2N4O4S/c1-3-17-8-7-16(11-21(17)30(32)33)14-29(23(31)18-12-27-15(2)28-13-18)20-6-4-5-19-22(20)35(34)10-9-24(19,25)26/h3-8,11-13H,1,9-10,14H2,2H3. The molecular formula is C24H20F2N4O4S. The number of amides is 1. The summed E-state index contributed by atoms with van der Waals surface area (Å²) in [6.45, 7) is 5.01. The van der Waals surface area contributed by atoms with E-state index < -0.39 is 39.5 Å². The molecule has 1 aliphatic heterocycles. The van der Waals surface area contributed by atoms with Gasteiger partial charge < -0.3 is 4.90 Å². The van der Waals surface area contributed by atoms with Gasteiger partial charge in [0.2, 0.25) is 0 Å². The number of hydrogen-bond donors (Lipinski definition) is 0. The lowest BCUT2D eigenvalue weighted by molar-refractivity contribution is -0.385. The van der Waals surface area contributed by atoms with Crippen LogP contribution >= 0.6 is 0 Å². The lowest BCUT2D eigenvalue weighted by Crippen LogP contribution is -2.34. The molecule has 2 heterocycles. The van der Waals surface area contributed by atoms with E-state index >= 15 is 0 Å². The summed E-state index contributed by atoms with van der Waals surface area (Å²) in [5, 5.41) is 11.5. The fourth-order valence-electron chi connectivity index (χ4n) is 3.85. The van der Waals surface area contributed by atoms with Crippen LogP contribution in [0.4, 0.5) is 20.2 Å². The van der Waals surface area contributed by atoms with Crippen LogP contribution in [0.15, 0.2) is 60.3 Å². The number of anilines is 1. The van der Waals surface area contributed by atoms with E-state index in [1.807, 2.05) is 0 Å². The first-order chi connectivity index (χ1) is 16.6. The predicted molar refractivity (Wildman–Crippen MR) is 127 cm³/mol. The van der Waals surface area contributed by atoms with Gasteiger partial charge in [0.15, 0.2) is 0 Å². The molecule has 0 spiro atoms. The van der Waals surface area contributed by atoms with Crippen LogP contribution in [0.3, 0.4) is 0 Å². The number of halogens is 2. The van der Waals surface area contributed by atoms with Gasteiger partial charge in [0, 0.05) is 36.2 Å². The maximum Gasteiger partial charge on any atom is 0.276 e. The Hall–Kier alpha value is -3.86. The topological polar surface area (TPSA) is 106 Å². The van der Waals surface area contributed by atoms with Crippen LogP contribution in [-0.4, -0.2) is 30.8 Å². The number of carbonyl (C=O) groups excluding carboxylic acids is 1. The number of benzene rings is 2. The number of nitrogens with zero attached hydrogens (tertiary/aromatic N) is 4. The highest BCUT2D eigenvalue weighted by Gasteiger charge is 2.42. The third-order valence-corrected chi connectivity index (χ3v) is 7.09. The number of fused-ring (bicyclic) bond motifs is 1. The van der Waals surface area contributed by atoms with E-state index in [2.05, 4.69) is 16.5 Å². The van der Waals surface area contributed by atoms with Gasteiger partial charge in [-0.3, -0.25) is 19.1 Å². The number of carbonyl (C=O) groups is 1. The molecule has 11 heteroatoms. The van der Waals surface area contributed by atoms with Gasteiger partial charge in [-0.05, 0) is 24.6 Å². The Morgan fingerprint density at radius 2 is 2.00 bits per heavy atom. The zero-order valence-electron chi connectivity index (χ0n) is 18.6. The van der Waals surface area contributed by atoms with E-state index in [-0.39, 0.29) is 34.1 Å². The van der Waals surface area contributed by atoms with Gasteiger partial charge in [0.05, 0.1) is 44.0 Å². The minimum Gasteiger partial charge on any atom is -0.303 e. The van der Waals surface area contributed by atoms with Crippen LogP contribution < -0.4 is 4.90 Å². The van der Waals surface area contributed by atoms with Gasteiger partial charge in [-0.1, -0.05) is 30.9 Å². The Balaban J connectivity index is 1.88. The lowest BCUT2D eigenvalue weighted by Gasteiger charge is -2.31. The summed E-state index contributed by atoms with van der Waals surface area (Å²) in [4.78, 5) is 33.6. The quantitative estimate of drug-likeness (QED) is 0.357. The number of alkyl halides is 2. The van der Waals surface area contributed by atoms with Crippen molar-refractivity contribution in [2.75, 3.05) is 10.7 Å². The molecule has 35 heavy (non-hydrogen) atoms. The Kier molecular flexibility index (Phi) is 6.53. The van der Waals surface area contributed by atoms with Crippen LogP contribution in [0.25, 0.3) is 6.08 Å². The molecule has 2 aromatic carbocycles. The van der Waals surface area contributed by atoms with E-state index in [9.17, 15) is 27.9 Å². The third-order valence-electron chi connectivity index (χ3n) is 5.63. The minimum absolute atomic E-state index is 0.0428. The Morgan fingerprint density at radius 1 is 1.29 bits per heavy atom. The van der Waals surface area contributed by atoms with Crippen LogP contribution in [0.1, 0.15) is 39.3 Å². The normalized spacial score (nSPS) is 16.3. The molecule has 1 atom stereocenters. The molecule has 1 unspecified atom stereocenters. The second-order valence-corrected chi connectivity index (χ2v) is 9.43. The average molecular weight is 499 g/mol. The largest absolute Gasteiger partial charge is 0.303 e. The SMILES string of the molecule is C=Cc1ccc(CN(C(=O)c2cnc(C)nc2)c2cccc3c2S(=O)CCC3(F)F)cc1[N+](=O)[O-]. The summed E-state index contributed by atoms with van der Waals surface area (Å²) < 4.78 is 42.3. The van der Waals surface area contributed by atoms with Gasteiger partial charge >= 0.3 is 0 Å². The molecule has 1 aliphatic rings. The van der Waals surface area contributed by atoms with Crippen LogP contribution in [-0.2, 0) is 23.3 Å². The van der Waals surface area contributed by atoms with Crippen LogP contribution in [0, 0.1) is 17.0 Å². The molecule has 0 N–H and O–H groups in total. The number of nitro benzene ring substituents is 1. The van der Waals surface area contributed by atoms with Crippen molar-refractivity contribution in [2.45, 2.75) is 30.7 Å². The van der Waals surface area contributed by atoms with Gasteiger partial charge in [0.1, 0.15) is 5.82 Å². The van der Waals surface area contributed by atoms with E-state index in [1.165, 1.54) is 53.7 Å². The van der Waals surface area contributed by atoms with Crippen molar-refractivity contribution in [3.05, 3.63) is 93.6 Å². The van der Waals surface area contributed by atoms with E-state index in [0.717, 1.165) is 0 Å². The van der Waals surface area contributed by atoms with Crippen molar-refractivity contribution in [3.63, 3.8) is 0 Å². The number of aromatic nitrogens is 2. The number of hydrogen-bond acceptors (Lipinski definition) is 6. The monoisotopic (exact) mass is 498 g/mol. The highest BCUT2D eigenvalue weighted by Crippen LogP contribution is 2.44. The van der Waals surface area contributed by atoms with E-state index in [1.54, 1.807) is 13.0 Å². The van der Waals surface area contributed by atoms with Gasteiger partial charge in [-0.15, -0.1) is 0 Å². The van der Waals surface area contributed by atoms with E-state index in [0.29, 0.717) is 17.0 Å². The maximum absolute atomic E-state index is 14.7. The van der Waals surface area contributed by atoms with Gasteiger partial charge in [0.25, 0.3) is 17.5 Å². The highest BCUT2D eigenvalue weighted by atomic mass is 32.2. The van der Waals surface area contributed by atoms with Crippen LogP contribution in [0.2, 0.25) is 0 Å². The van der Waals surface area contributed by atoms with Crippen molar-refractivity contribution >= 4 is 34.2 Å². The summed E-state index contributed by atoms with van der Waals surface area (Å²) in [5.74, 6) is -3.65. The summed E-state index contributed by atoms with van der Waals surface area (Å²) in [6.07, 6.45) is 3.39. The molecule has 1 amide bonds. The molecule has 0 bridgehead atoms. The molecule has 0 radical (unpaired) electrons. The molecule has 0 fully saturated rings. The number of nitro groups is 1. The van der Waals surface area contributed by atoms with E-state index in [4.69, 9.17) is 0 Å². The second kappa shape index (κ2) is 9.41. The highest BCUT2D eigenvalue weighted by molar-refractivity contribution is 7.85. The predicted octanol–water partition coefficient (Wildman–Crippen LogP) is 4.79. The number of rotatable bonds is 6. The molecule has 8 nitrogen and oxygen atoms in total. The molecule has 0 saturated heterocycles. The molecule has 180 valence electrons. The molecule has 0 aliphatic carbocycles. The maximum atomic E-state index is 14.7. The third kappa shape index (κ3) is 4.72. The molecule has 0 saturated carbocycles. The molecular weight excluding hydrogens is 478 g/mol. The summed E-state index contributed by atoms with van der Waals surface area (Å²) in [5.41, 5.74) is 0.176. The van der Waals surface area contributed by atoms with Crippen molar-refractivity contribution in [2.24, 2.45) is 0 Å². The first-order valence-electron chi connectivity index (χ1n) is 10.5. The molecule has 4 rings (SSSR count). The zero-order chi connectivity index (χ0) is 25.3. The fourth-order valence-corrected chi connectivity index (χ4v) is 5.37. The van der Waals surface area contributed by atoms with Crippen molar-refractivity contribution < 1.29 is 22.7 Å². The van der Waals surface area contributed by atoms with Crippen molar-refractivity contribution in [1.29, 1.82) is 0 Å². The van der Waals surface area contributed by atoms with Crippen molar-refractivity contribution in [3.8, 4) is 0 Å². The fraction of sp³-hybridized carbons (Fsp3) is 0.208. The average Bonchev–Trinajstić information content (AvgIpc) is 2.84. The van der Waals surface area contributed by atoms with Crippen molar-refractivity contribution in [1.82, 2.24) is 9.97 Å². The summed E-state index contributed by atoms with van der Waals surface area (Å²) in [7, 11) is -1.77. The Morgan fingerprint density at radius 3 is 2.66 bits per heavy atom. The Labute approximate surface area is 201 Å². The first-order valence-corrected chi connectivity index (χ1v) is 11.8. The van der Waals surface area contributed by atoms with Gasteiger partial charge in [-0.25, -0.2) is 18.7 Å². The summed E-state index contributed by atoms with van der Waals surface area (Å²) in [6, 6.07) is 8.39. The second-order valence-electron chi connectivity index (χ2n) is 7.92. The lowest BCUT2D eigenvalue weighted by atomic mass is 10.0. The zero-order valence-corrected chi connectivity index (χ0v) is 19.4. The van der Waals surface area contributed by atoms with Gasteiger partial charge in [-0.2, -0.15) is 0 Å².